The maximum atomic E-state index is 12.5. The highest BCUT2D eigenvalue weighted by molar-refractivity contribution is 7.18. The van der Waals surface area contributed by atoms with Crippen LogP contribution < -0.4 is 10.9 Å². The van der Waals surface area contributed by atoms with Gasteiger partial charge in [-0.1, -0.05) is 0 Å². The third kappa shape index (κ3) is 2.77. The van der Waals surface area contributed by atoms with Crippen molar-refractivity contribution in [3.05, 3.63) is 51.3 Å². The highest BCUT2D eigenvalue weighted by Gasteiger charge is 2.11. The number of nitrogens with one attached hydrogen (secondary N) is 1. The number of aromatic nitrogens is 2. The van der Waals surface area contributed by atoms with Gasteiger partial charge < -0.3 is 9.73 Å². The third-order valence-electron chi connectivity index (χ3n) is 3.59. The minimum atomic E-state index is 0.0481. The molecule has 21 heavy (non-hydrogen) atoms. The van der Waals surface area contributed by atoms with Gasteiger partial charge in [0.05, 0.1) is 24.2 Å². The minimum Gasteiger partial charge on any atom is -0.472 e. The Bertz CT molecular complexity index is 802. The van der Waals surface area contributed by atoms with Crippen molar-refractivity contribution in [2.45, 2.75) is 26.9 Å². The van der Waals surface area contributed by atoms with Crippen molar-refractivity contribution in [3.63, 3.8) is 0 Å². The minimum absolute atomic E-state index is 0.0481. The first-order chi connectivity index (χ1) is 10.2. The molecule has 3 heterocycles. The molecule has 0 unspecified atom stereocenters. The van der Waals surface area contributed by atoms with E-state index < -0.39 is 0 Å². The van der Waals surface area contributed by atoms with Crippen molar-refractivity contribution in [1.29, 1.82) is 0 Å². The second kappa shape index (κ2) is 5.83. The lowest BCUT2D eigenvalue weighted by Crippen LogP contribution is -2.27. The zero-order valence-corrected chi connectivity index (χ0v) is 12.9. The van der Waals surface area contributed by atoms with Crippen LogP contribution in [0.2, 0.25) is 0 Å². The smallest absolute Gasteiger partial charge is 0.262 e. The maximum absolute atomic E-state index is 12.5. The first-order valence-electron chi connectivity index (χ1n) is 6.83. The summed E-state index contributed by atoms with van der Waals surface area (Å²) in [6, 6.07) is 1.92. The van der Waals surface area contributed by atoms with Gasteiger partial charge in [0.15, 0.2) is 0 Å². The third-order valence-corrected chi connectivity index (χ3v) is 4.71. The molecule has 1 N–H and O–H groups in total. The van der Waals surface area contributed by atoms with Gasteiger partial charge in [-0.05, 0) is 25.5 Å². The summed E-state index contributed by atoms with van der Waals surface area (Å²) in [6.45, 7) is 6.06. The molecule has 0 bridgehead atoms. The van der Waals surface area contributed by atoms with Crippen molar-refractivity contribution in [3.8, 4) is 0 Å². The predicted molar refractivity (Wildman–Crippen MR) is 83.8 cm³/mol. The van der Waals surface area contributed by atoms with Crippen LogP contribution in [0.3, 0.4) is 0 Å². The first-order valence-corrected chi connectivity index (χ1v) is 7.65. The van der Waals surface area contributed by atoms with Gasteiger partial charge in [0.2, 0.25) is 0 Å². The van der Waals surface area contributed by atoms with Crippen LogP contribution in [0.5, 0.6) is 0 Å². The van der Waals surface area contributed by atoms with Crippen molar-refractivity contribution in [1.82, 2.24) is 14.9 Å². The normalized spacial score (nSPS) is 11.3. The molecule has 0 spiro atoms. The van der Waals surface area contributed by atoms with Crippen LogP contribution in [0.25, 0.3) is 10.2 Å². The van der Waals surface area contributed by atoms with E-state index in [4.69, 9.17) is 4.42 Å². The van der Waals surface area contributed by atoms with Gasteiger partial charge in [-0.25, -0.2) is 4.98 Å². The molecule has 3 aromatic heterocycles. The number of hydrogen-bond acceptors (Lipinski definition) is 5. The summed E-state index contributed by atoms with van der Waals surface area (Å²) in [6.07, 6.45) is 5.00. The number of rotatable bonds is 5. The molecule has 0 atom stereocenters. The predicted octanol–water partition coefficient (Wildman–Crippen LogP) is 2.46. The fourth-order valence-electron chi connectivity index (χ4n) is 2.25. The van der Waals surface area contributed by atoms with E-state index in [0.717, 1.165) is 32.8 Å². The van der Waals surface area contributed by atoms with E-state index in [2.05, 4.69) is 10.3 Å². The molecule has 6 heteroatoms. The number of thiophene rings is 1. The van der Waals surface area contributed by atoms with E-state index in [0.29, 0.717) is 13.1 Å². The Morgan fingerprint density at radius 2 is 2.29 bits per heavy atom. The molecular weight excluding hydrogens is 286 g/mol. The van der Waals surface area contributed by atoms with Gasteiger partial charge >= 0.3 is 0 Å². The molecule has 0 aromatic carbocycles. The highest BCUT2D eigenvalue weighted by atomic mass is 32.1. The van der Waals surface area contributed by atoms with Crippen LogP contribution in [0.4, 0.5) is 0 Å². The number of furan rings is 1. The molecule has 0 radical (unpaired) electrons. The molecule has 0 aliphatic rings. The van der Waals surface area contributed by atoms with Crippen LogP contribution in [0.1, 0.15) is 16.0 Å². The lowest BCUT2D eigenvalue weighted by atomic mass is 10.2. The van der Waals surface area contributed by atoms with Crippen LogP contribution >= 0.6 is 11.3 Å². The van der Waals surface area contributed by atoms with Gasteiger partial charge in [-0.2, -0.15) is 0 Å². The Kier molecular flexibility index (Phi) is 3.90. The summed E-state index contributed by atoms with van der Waals surface area (Å²) in [5, 5.41) is 4.05. The van der Waals surface area contributed by atoms with Crippen LogP contribution in [-0.2, 0) is 13.1 Å². The molecule has 0 amide bonds. The Balaban J connectivity index is 1.71. The topological polar surface area (TPSA) is 60.1 Å². The number of hydrogen-bond donors (Lipinski definition) is 1. The average Bonchev–Trinajstić information content (AvgIpc) is 3.07. The maximum Gasteiger partial charge on any atom is 0.262 e. The van der Waals surface area contributed by atoms with Crippen molar-refractivity contribution < 1.29 is 4.42 Å². The van der Waals surface area contributed by atoms with E-state index in [1.54, 1.807) is 34.8 Å². The quantitative estimate of drug-likeness (QED) is 0.736. The summed E-state index contributed by atoms with van der Waals surface area (Å²) in [5.41, 5.74) is 2.19. The molecule has 110 valence electrons. The zero-order valence-electron chi connectivity index (χ0n) is 12.0. The summed E-state index contributed by atoms with van der Waals surface area (Å²) < 4.78 is 6.68. The zero-order chi connectivity index (χ0) is 14.8. The Hall–Kier alpha value is -1.92. The van der Waals surface area contributed by atoms with Crippen molar-refractivity contribution in [2.24, 2.45) is 0 Å². The Labute approximate surface area is 126 Å². The monoisotopic (exact) mass is 303 g/mol. The lowest BCUT2D eigenvalue weighted by Gasteiger charge is -2.06. The van der Waals surface area contributed by atoms with Gasteiger partial charge in [-0.15, -0.1) is 11.3 Å². The summed E-state index contributed by atoms with van der Waals surface area (Å²) >= 11 is 1.58. The molecule has 0 aliphatic carbocycles. The van der Waals surface area contributed by atoms with Crippen LogP contribution in [-0.4, -0.2) is 16.1 Å². The first kappa shape index (κ1) is 14.0. The fourth-order valence-corrected chi connectivity index (χ4v) is 3.24. The van der Waals surface area contributed by atoms with E-state index in [1.807, 2.05) is 19.9 Å². The van der Waals surface area contributed by atoms with Gasteiger partial charge in [0.1, 0.15) is 4.83 Å². The summed E-state index contributed by atoms with van der Waals surface area (Å²) in [5.74, 6) is 0. The SMILES string of the molecule is Cc1sc2ncn(CCNCc3ccoc3)c(=O)c2c1C. The molecule has 0 fully saturated rings. The largest absolute Gasteiger partial charge is 0.472 e. The molecule has 0 saturated heterocycles. The second-order valence-electron chi connectivity index (χ2n) is 5.01. The van der Waals surface area contributed by atoms with Gasteiger partial charge in [0, 0.05) is 30.1 Å². The Morgan fingerprint density at radius 1 is 1.43 bits per heavy atom. The molecule has 0 saturated carbocycles. The lowest BCUT2D eigenvalue weighted by molar-refractivity contribution is 0.553. The molecule has 5 nitrogen and oxygen atoms in total. The van der Waals surface area contributed by atoms with Crippen LogP contribution in [0.15, 0.2) is 34.1 Å². The fraction of sp³-hybridized carbons (Fsp3) is 0.333. The van der Waals surface area contributed by atoms with Crippen molar-refractivity contribution in [2.75, 3.05) is 6.54 Å². The second-order valence-corrected chi connectivity index (χ2v) is 6.22. The molecular formula is C15H17N3O2S. The van der Waals surface area contributed by atoms with Crippen molar-refractivity contribution >= 4 is 21.6 Å². The molecule has 3 aromatic rings. The van der Waals surface area contributed by atoms with Gasteiger partial charge in [0.25, 0.3) is 5.56 Å². The number of aryl methyl sites for hydroxylation is 2. The van der Waals surface area contributed by atoms with Gasteiger partial charge in [-0.3, -0.25) is 9.36 Å². The van der Waals surface area contributed by atoms with E-state index >= 15 is 0 Å². The summed E-state index contributed by atoms with van der Waals surface area (Å²) in [4.78, 5) is 18.9. The standard InChI is InChI=1S/C15H17N3O2S/c1-10-11(2)21-14-13(10)15(19)18(9-17-14)5-4-16-7-12-3-6-20-8-12/h3,6,8-9,16H,4-5,7H2,1-2H3. The number of nitrogens with zero attached hydrogens (tertiary/aromatic N) is 2. The van der Waals surface area contributed by atoms with E-state index in [9.17, 15) is 4.79 Å². The molecule has 0 aliphatic heterocycles. The molecule has 3 rings (SSSR count). The number of fused-ring (bicyclic) bond motifs is 1. The highest BCUT2D eigenvalue weighted by Crippen LogP contribution is 2.25. The Morgan fingerprint density at radius 3 is 3.05 bits per heavy atom. The van der Waals surface area contributed by atoms with E-state index in [-0.39, 0.29) is 5.56 Å². The summed E-state index contributed by atoms with van der Waals surface area (Å²) in [7, 11) is 0. The van der Waals surface area contributed by atoms with E-state index in [1.165, 1.54) is 0 Å². The van der Waals surface area contributed by atoms with Crippen LogP contribution in [0, 0.1) is 13.8 Å². The average molecular weight is 303 g/mol.